The molecule has 0 radical (unpaired) electrons. The lowest BCUT2D eigenvalue weighted by Gasteiger charge is -1.90. The number of cyclic esters (lactones) is 4. The van der Waals surface area contributed by atoms with Crippen molar-refractivity contribution in [1.82, 2.24) is 0 Å². The van der Waals surface area contributed by atoms with Gasteiger partial charge in [0.1, 0.15) is 25.9 Å². The van der Waals surface area contributed by atoms with Gasteiger partial charge in [0.25, 0.3) is 0 Å². The van der Waals surface area contributed by atoms with Gasteiger partial charge in [0.05, 0.1) is 0 Å². The molecule has 17 heavy (non-hydrogen) atoms. The Labute approximate surface area is 95.8 Å². The molecule has 0 bridgehead atoms. The van der Waals surface area contributed by atoms with Crippen molar-refractivity contribution in [3.8, 4) is 0 Å². The standard InChI is InChI=1S/C4H6O3.C3H4O3.CH2O3/c1-3-2-6-4(5)7-3;4-3-5-1-2-6-3;2-1(3)4/h3H,2H2,1H3;1-2H2;(H2,2,3,4). The first-order valence-corrected chi connectivity index (χ1v) is 4.46. The van der Waals surface area contributed by atoms with Crippen LogP contribution in [0, 0.1) is 0 Å². The Morgan fingerprint density at radius 1 is 1.12 bits per heavy atom. The minimum absolute atomic E-state index is 0.0486. The molecule has 2 saturated heterocycles. The molecule has 0 aromatic carbocycles. The van der Waals surface area contributed by atoms with Crippen molar-refractivity contribution in [3.05, 3.63) is 0 Å². The van der Waals surface area contributed by atoms with E-state index in [9.17, 15) is 9.59 Å². The molecule has 98 valence electrons. The first-order chi connectivity index (χ1) is 7.91. The van der Waals surface area contributed by atoms with Crippen LogP contribution < -0.4 is 0 Å². The summed E-state index contributed by atoms with van der Waals surface area (Å²) in [6.07, 6.45) is -2.98. The molecule has 9 nitrogen and oxygen atoms in total. The molecule has 0 amide bonds. The summed E-state index contributed by atoms with van der Waals surface area (Å²) >= 11 is 0. The number of ether oxygens (including phenoxy) is 4. The molecule has 1 unspecified atom stereocenters. The van der Waals surface area contributed by atoms with Crippen LogP contribution in [0.25, 0.3) is 0 Å². The molecule has 2 N–H and O–H groups in total. The summed E-state index contributed by atoms with van der Waals surface area (Å²) in [5.41, 5.74) is 0. The van der Waals surface area contributed by atoms with Crippen LogP contribution in [-0.2, 0) is 18.9 Å². The lowest BCUT2D eigenvalue weighted by Crippen LogP contribution is -2.01. The molecular weight excluding hydrogens is 240 g/mol. The molecule has 1 atom stereocenters. The second kappa shape index (κ2) is 8.02. The van der Waals surface area contributed by atoms with Gasteiger partial charge in [0.2, 0.25) is 0 Å². The fourth-order valence-electron chi connectivity index (χ4n) is 0.709. The van der Waals surface area contributed by atoms with Crippen LogP contribution in [-0.4, -0.2) is 54.6 Å². The van der Waals surface area contributed by atoms with E-state index >= 15 is 0 Å². The van der Waals surface area contributed by atoms with E-state index in [4.69, 9.17) is 15.0 Å². The maximum absolute atomic E-state index is 10.0. The quantitative estimate of drug-likeness (QED) is 0.604. The minimum Gasteiger partial charge on any atom is -0.450 e. The molecule has 0 aliphatic carbocycles. The van der Waals surface area contributed by atoms with Gasteiger partial charge in [0.15, 0.2) is 0 Å². The maximum atomic E-state index is 10.0. The summed E-state index contributed by atoms with van der Waals surface area (Å²) in [4.78, 5) is 28.4. The summed E-state index contributed by atoms with van der Waals surface area (Å²) in [5.74, 6) is 0. The van der Waals surface area contributed by atoms with E-state index in [-0.39, 0.29) is 6.10 Å². The Bertz CT molecular complexity index is 262. The summed E-state index contributed by atoms with van der Waals surface area (Å²) in [6, 6.07) is 0. The number of rotatable bonds is 0. The minimum atomic E-state index is -1.83. The van der Waals surface area contributed by atoms with Crippen molar-refractivity contribution >= 4 is 18.5 Å². The van der Waals surface area contributed by atoms with Crippen molar-refractivity contribution in [2.45, 2.75) is 13.0 Å². The zero-order chi connectivity index (χ0) is 13.3. The first kappa shape index (κ1) is 14.8. The van der Waals surface area contributed by atoms with E-state index < -0.39 is 18.5 Å². The Hall–Kier alpha value is -2.19. The number of carbonyl (C=O) groups excluding carboxylic acids is 2. The Morgan fingerprint density at radius 2 is 1.59 bits per heavy atom. The molecule has 0 aromatic heterocycles. The van der Waals surface area contributed by atoms with Crippen molar-refractivity contribution in [3.63, 3.8) is 0 Å². The highest BCUT2D eigenvalue weighted by atomic mass is 16.8. The lowest BCUT2D eigenvalue weighted by atomic mass is 10.5. The highest BCUT2D eigenvalue weighted by Crippen LogP contribution is 2.02. The maximum Gasteiger partial charge on any atom is 0.508 e. The third-order valence-corrected chi connectivity index (χ3v) is 1.26. The average molecular weight is 252 g/mol. The van der Waals surface area contributed by atoms with Crippen LogP contribution in [0.5, 0.6) is 0 Å². The van der Waals surface area contributed by atoms with E-state index in [0.29, 0.717) is 19.8 Å². The average Bonchev–Trinajstić information content (AvgIpc) is 2.78. The molecule has 0 aromatic rings. The van der Waals surface area contributed by atoms with Gasteiger partial charge in [-0.05, 0) is 6.92 Å². The lowest BCUT2D eigenvalue weighted by molar-refractivity contribution is 0.121. The summed E-state index contributed by atoms with van der Waals surface area (Å²) < 4.78 is 17.5. The number of carboxylic acid groups (broad SMARTS) is 2. The van der Waals surface area contributed by atoms with Gasteiger partial charge in [-0.3, -0.25) is 0 Å². The Balaban J connectivity index is 0.000000236. The molecule has 2 aliphatic heterocycles. The van der Waals surface area contributed by atoms with E-state index in [1.54, 1.807) is 6.92 Å². The molecule has 0 saturated carbocycles. The molecule has 2 aliphatic rings. The van der Waals surface area contributed by atoms with E-state index in [0.717, 1.165) is 0 Å². The highest BCUT2D eigenvalue weighted by Gasteiger charge is 2.19. The predicted octanol–water partition coefficient (Wildman–Crippen LogP) is 0.917. The Morgan fingerprint density at radius 3 is 1.71 bits per heavy atom. The van der Waals surface area contributed by atoms with Gasteiger partial charge in [-0.2, -0.15) is 0 Å². The van der Waals surface area contributed by atoms with Crippen molar-refractivity contribution < 1.29 is 43.5 Å². The molecule has 9 heteroatoms. The van der Waals surface area contributed by atoms with Crippen molar-refractivity contribution in [1.29, 1.82) is 0 Å². The number of hydrogen-bond acceptors (Lipinski definition) is 7. The normalized spacial score (nSPS) is 20.4. The van der Waals surface area contributed by atoms with Crippen LogP contribution in [0.1, 0.15) is 6.92 Å². The van der Waals surface area contributed by atoms with Gasteiger partial charge >= 0.3 is 18.5 Å². The third kappa shape index (κ3) is 10.1. The zero-order valence-corrected chi connectivity index (χ0v) is 8.95. The van der Waals surface area contributed by atoms with Gasteiger partial charge < -0.3 is 29.2 Å². The summed E-state index contributed by atoms with van der Waals surface area (Å²) in [5, 5.41) is 13.9. The number of hydrogen-bond donors (Lipinski definition) is 2. The van der Waals surface area contributed by atoms with E-state index in [1.165, 1.54) is 0 Å². The van der Waals surface area contributed by atoms with Crippen LogP contribution in [0.15, 0.2) is 0 Å². The molecule has 0 spiro atoms. The van der Waals surface area contributed by atoms with Crippen LogP contribution in [0.4, 0.5) is 14.4 Å². The van der Waals surface area contributed by atoms with E-state index in [1.807, 2.05) is 0 Å². The SMILES string of the molecule is CC1COC(=O)O1.O=C(O)O.O=C1OCCO1. The van der Waals surface area contributed by atoms with Crippen LogP contribution >= 0.6 is 0 Å². The van der Waals surface area contributed by atoms with Gasteiger partial charge in [0, 0.05) is 0 Å². The predicted molar refractivity (Wildman–Crippen MR) is 49.8 cm³/mol. The van der Waals surface area contributed by atoms with Gasteiger partial charge in [-0.1, -0.05) is 0 Å². The molecule has 2 fully saturated rings. The smallest absolute Gasteiger partial charge is 0.450 e. The first-order valence-electron chi connectivity index (χ1n) is 4.46. The summed E-state index contributed by atoms with van der Waals surface area (Å²) in [6.45, 7) is 3.02. The monoisotopic (exact) mass is 252 g/mol. The topological polar surface area (TPSA) is 129 Å². The van der Waals surface area contributed by atoms with Crippen LogP contribution in [0.2, 0.25) is 0 Å². The van der Waals surface area contributed by atoms with Crippen molar-refractivity contribution in [2.24, 2.45) is 0 Å². The fourth-order valence-corrected chi connectivity index (χ4v) is 0.709. The molecular formula is C8H12O9. The van der Waals surface area contributed by atoms with Crippen molar-refractivity contribution in [2.75, 3.05) is 19.8 Å². The second-order valence-electron chi connectivity index (χ2n) is 2.72. The van der Waals surface area contributed by atoms with E-state index in [2.05, 4.69) is 18.9 Å². The van der Waals surface area contributed by atoms with Crippen LogP contribution in [0.3, 0.4) is 0 Å². The number of carbonyl (C=O) groups is 3. The fraction of sp³-hybridized carbons (Fsp3) is 0.625. The highest BCUT2D eigenvalue weighted by molar-refractivity contribution is 5.61. The van der Waals surface area contributed by atoms with Gasteiger partial charge in [-0.15, -0.1) is 0 Å². The zero-order valence-electron chi connectivity index (χ0n) is 8.95. The second-order valence-corrected chi connectivity index (χ2v) is 2.72. The largest absolute Gasteiger partial charge is 0.508 e. The third-order valence-electron chi connectivity index (χ3n) is 1.26. The van der Waals surface area contributed by atoms with Gasteiger partial charge in [-0.25, -0.2) is 14.4 Å². The molecule has 2 rings (SSSR count). The Kier molecular flexibility index (Phi) is 6.99. The summed E-state index contributed by atoms with van der Waals surface area (Å²) in [7, 11) is 0. The molecule has 2 heterocycles.